The van der Waals surface area contributed by atoms with Crippen molar-refractivity contribution in [1.29, 1.82) is 0 Å². The first kappa shape index (κ1) is 18.7. The molecule has 0 radical (unpaired) electrons. The Morgan fingerprint density at radius 2 is 2.18 bits per heavy atom. The van der Waals surface area contributed by atoms with Crippen LogP contribution in [-0.2, 0) is 13.0 Å². The van der Waals surface area contributed by atoms with Crippen molar-refractivity contribution in [2.24, 2.45) is 0 Å². The number of piperidine rings is 1. The summed E-state index contributed by atoms with van der Waals surface area (Å²) in [5.74, 6) is 0.360. The number of nitrogens with one attached hydrogen (secondary N) is 1. The molecule has 4 rings (SSSR count). The van der Waals surface area contributed by atoms with Gasteiger partial charge < -0.3 is 14.8 Å². The van der Waals surface area contributed by atoms with Gasteiger partial charge in [0.1, 0.15) is 0 Å². The van der Waals surface area contributed by atoms with E-state index in [0.29, 0.717) is 12.5 Å². The van der Waals surface area contributed by atoms with Gasteiger partial charge in [0, 0.05) is 49.0 Å². The number of carbonyl (C=O) groups is 1. The van der Waals surface area contributed by atoms with E-state index in [4.69, 9.17) is 4.98 Å². The highest BCUT2D eigenvalue weighted by molar-refractivity contribution is 7.09. The SMILES string of the molecule is CCc1csc(C2CCCN(C(=O)NCc3ccc(-n4ccnc4)cc3)C2)n1. The van der Waals surface area contributed by atoms with Gasteiger partial charge in [0.05, 0.1) is 17.0 Å². The largest absolute Gasteiger partial charge is 0.334 e. The van der Waals surface area contributed by atoms with Crippen LogP contribution in [0.5, 0.6) is 0 Å². The normalized spacial score (nSPS) is 16.9. The van der Waals surface area contributed by atoms with Crippen molar-refractivity contribution < 1.29 is 4.79 Å². The number of likely N-dealkylation sites (tertiary alicyclic amines) is 1. The van der Waals surface area contributed by atoms with Gasteiger partial charge in [0.2, 0.25) is 0 Å². The van der Waals surface area contributed by atoms with Gasteiger partial charge in [0.15, 0.2) is 0 Å². The minimum Gasteiger partial charge on any atom is -0.334 e. The summed E-state index contributed by atoms with van der Waals surface area (Å²) in [6.07, 6.45) is 8.54. The summed E-state index contributed by atoms with van der Waals surface area (Å²) in [6.45, 7) is 4.22. The Hall–Kier alpha value is -2.67. The Labute approximate surface area is 169 Å². The predicted molar refractivity (Wildman–Crippen MR) is 111 cm³/mol. The third-order valence-corrected chi connectivity index (χ3v) is 6.23. The van der Waals surface area contributed by atoms with Gasteiger partial charge in [-0.05, 0) is 37.0 Å². The molecule has 7 heteroatoms. The lowest BCUT2D eigenvalue weighted by molar-refractivity contribution is 0.179. The number of amides is 2. The summed E-state index contributed by atoms with van der Waals surface area (Å²) in [5, 5.41) is 6.37. The summed E-state index contributed by atoms with van der Waals surface area (Å²) >= 11 is 1.73. The molecule has 28 heavy (non-hydrogen) atoms. The van der Waals surface area contributed by atoms with Crippen molar-refractivity contribution in [1.82, 2.24) is 24.8 Å². The smallest absolute Gasteiger partial charge is 0.317 e. The minimum atomic E-state index is 0.00987. The average Bonchev–Trinajstić information content (AvgIpc) is 3.44. The highest BCUT2D eigenvalue weighted by Gasteiger charge is 2.26. The minimum absolute atomic E-state index is 0.00987. The van der Waals surface area contributed by atoms with Crippen LogP contribution in [0.15, 0.2) is 48.4 Å². The standard InChI is InChI=1S/C21H25N5OS/c1-2-18-14-28-20(24-18)17-4-3-10-25(13-17)21(27)23-12-16-5-7-19(8-6-16)26-11-9-22-15-26/h5-9,11,14-15,17H,2-4,10,12-13H2,1H3,(H,23,27). The fourth-order valence-corrected chi connectivity index (χ4v) is 4.55. The van der Waals surface area contributed by atoms with Crippen LogP contribution in [-0.4, -0.2) is 38.6 Å². The third-order valence-electron chi connectivity index (χ3n) is 5.17. The van der Waals surface area contributed by atoms with Crippen LogP contribution < -0.4 is 5.32 Å². The van der Waals surface area contributed by atoms with Crippen molar-refractivity contribution in [2.75, 3.05) is 13.1 Å². The average molecular weight is 396 g/mol. The Morgan fingerprint density at radius 3 is 2.89 bits per heavy atom. The summed E-state index contributed by atoms with van der Waals surface area (Å²) in [6, 6.07) is 8.16. The molecule has 146 valence electrons. The van der Waals surface area contributed by atoms with Crippen molar-refractivity contribution in [3.8, 4) is 5.69 Å². The van der Waals surface area contributed by atoms with Gasteiger partial charge in [-0.2, -0.15) is 0 Å². The molecular formula is C21H25N5OS. The van der Waals surface area contributed by atoms with Gasteiger partial charge >= 0.3 is 6.03 Å². The zero-order valence-electron chi connectivity index (χ0n) is 16.0. The fourth-order valence-electron chi connectivity index (χ4n) is 3.52. The molecular weight excluding hydrogens is 370 g/mol. The Kier molecular flexibility index (Phi) is 5.71. The van der Waals surface area contributed by atoms with Crippen molar-refractivity contribution in [3.63, 3.8) is 0 Å². The number of thiazole rings is 1. The van der Waals surface area contributed by atoms with Crippen molar-refractivity contribution in [3.05, 3.63) is 64.6 Å². The maximum atomic E-state index is 12.6. The highest BCUT2D eigenvalue weighted by atomic mass is 32.1. The maximum absolute atomic E-state index is 12.6. The van der Waals surface area contributed by atoms with Crippen molar-refractivity contribution in [2.45, 2.75) is 38.6 Å². The highest BCUT2D eigenvalue weighted by Crippen LogP contribution is 2.29. The number of hydrogen-bond donors (Lipinski definition) is 1. The number of rotatable bonds is 5. The maximum Gasteiger partial charge on any atom is 0.317 e. The first-order chi connectivity index (χ1) is 13.7. The van der Waals surface area contributed by atoms with Gasteiger partial charge in [-0.15, -0.1) is 11.3 Å². The predicted octanol–water partition coefficient (Wildman–Crippen LogP) is 3.98. The van der Waals surface area contributed by atoms with E-state index in [1.165, 1.54) is 5.01 Å². The molecule has 0 bridgehead atoms. The summed E-state index contributed by atoms with van der Waals surface area (Å²) < 4.78 is 1.96. The van der Waals surface area contributed by atoms with Crippen LogP contribution in [0.1, 0.15) is 41.9 Å². The first-order valence-corrected chi connectivity index (χ1v) is 10.6. The number of aryl methyl sites for hydroxylation is 1. The van der Waals surface area contributed by atoms with Crippen LogP contribution in [0.3, 0.4) is 0 Å². The Balaban J connectivity index is 1.32. The lowest BCUT2D eigenvalue weighted by atomic mass is 9.99. The molecule has 0 saturated carbocycles. The first-order valence-electron chi connectivity index (χ1n) is 9.77. The lowest BCUT2D eigenvalue weighted by Gasteiger charge is -2.31. The van der Waals surface area contributed by atoms with Crippen LogP contribution in [0.4, 0.5) is 4.79 Å². The molecule has 1 atom stereocenters. The number of benzene rings is 1. The zero-order chi connectivity index (χ0) is 19.3. The summed E-state index contributed by atoms with van der Waals surface area (Å²) in [7, 11) is 0. The molecule has 0 aliphatic carbocycles. The third kappa shape index (κ3) is 4.25. The van der Waals surface area contributed by atoms with Gasteiger partial charge in [0.25, 0.3) is 0 Å². The molecule has 1 aliphatic heterocycles. The van der Waals surface area contributed by atoms with E-state index in [2.05, 4.69) is 22.6 Å². The summed E-state index contributed by atoms with van der Waals surface area (Å²) in [4.78, 5) is 23.4. The number of carbonyl (C=O) groups excluding carboxylic acids is 1. The van der Waals surface area contributed by atoms with E-state index in [0.717, 1.165) is 49.3 Å². The van der Waals surface area contributed by atoms with E-state index in [1.54, 1.807) is 23.9 Å². The van der Waals surface area contributed by atoms with Gasteiger partial charge in [-0.3, -0.25) is 0 Å². The van der Waals surface area contributed by atoms with E-state index in [1.807, 2.05) is 39.9 Å². The molecule has 3 aromatic rings. The number of nitrogens with zero attached hydrogens (tertiary/aromatic N) is 4. The second-order valence-corrected chi connectivity index (χ2v) is 8.00. The van der Waals surface area contributed by atoms with Crippen LogP contribution >= 0.6 is 11.3 Å². The fraction of sp³-hybridized carbons (Fsp3) is 0.381. The molecule has 1 unspecified atom stereocenters. The van der Waals surface area contributed by atoms with E-state index in [-0.39, 0.29) is 6.03 Å². The second kappa shape index (κ2) is 8.56. The second-order valence-electron chi connectivity index (χ2n) is 7.11. The van der Waals surface area contributed by atoms with Crippen molar-refractivity contribution >= 4 is 17.4 Å². The van der Waals surface area contributed by atoms with Crippen LogP contribution in [0.2, 0.25) is 0 Å². The molecule has 0 spiro atoms. The van der Waals surface area contributed by atoms with Gasteiger partial charge in [-0.1, -0.05) is 19.1 Å². The zero-order valence-corrected chi connectivity index (χ0v) is 16.9. The molecule has 1 N–H and O–H groups in total. The number of hydrogen-bond acceptors (Lipinski definition) is 4. The quantitative estimate of drug-likeness (QED) is 0.711. The number of aromatic nitrogens is 3. The monoisotopic (exact) mass is 395 g/mol. The summed E-state index contributed by atoms with van der Waals surface area (Å²) in [5.41, 5.74) is 3.29. The van der Waals surface area contributed by atoms with Crippen LogP contribution in [0, 0.1) is 0 Å². The lowest BCUT2D eigenvalue weighted by Crippen LogP contribution is -2.44. The molecule has 1 aromatic carbocycles. The number of urea groups is 1. The number of imidazole rings is 1. The van der Waals surface area contributed by atoms with E-state index < -0.39 is 0 Å². The molecule has 2 aromatic heterocycles. The Morgan fingerprint density at radius 1 is 1.32 bits per heavy atom. The van der Waals surface area contributed by atoms with Gasteiger partial charge in [-0.25, -0.2) is 14.8 Å². The van der Waals surface area contributed by atoms with E-state index in [9.17, 15) is 4.79 Å². The topological polar surface area (TPSA) is 63.1 Å². The molecule has 2 amide bonds. The molecule has 1 aliphatic rings. The molecule has 6 nitrogen and oxygen atoms in total. The molecule has 1 fully saturated rings. The van der Waals surface area contributed by atoms with Crippen LogP contribution in [0.25, 0.3) is 5.69 Å². The Bertz CT molecular complexity index is 903. The van der Waals surface area contributed by atoms with E-state index >= 15 is 0 Å². The molecule has 3 heterocycles. The molecule has 1 saturated heterocycles.